The molecule has 2 heterocycles. The molecule has 33 heavy (non-hydrogen) atoms. The molecule has 4 aromatic rings. The summed E-state index contributed by atoms with van der Waals surface area (Å²) in [5.41, 5.74) is 1.91. The molecule has 0 bridgehead atoms. The standard InChI is InChI=1S/C22H25FN6O2S2/c1-5-12-29-19-11-10-15(33(30,31)27(2)3)13-18(19)24-20(29)14-32-22-26-25-21(28(22)4)16-8-6-7-9-17(16)23/h6-11,13H,5,12,14H2,1-4H3. The van der Waals surface area contributed by atoms with Crippen LogP contribution in [0.3, 0.4) is 0 Å². The molecule has 8 nitrogen and oxygen atoms in total. The smallest absolute Gasteiger partial charge is 0.242 e. The third-order valence-electron chi connectivity index (χ3n) is 5.30. The van der Waals surface area contributed by atoms with Crippen molar-refractivity contribution in [3.63, 3.8) is 0 Å². The van der Waals surface area contributed by atoms with Crippen molar-refractivity contribution in [1.82, 2.24) is 28.6 Å². The summed E-state index contributed by atoms with van der Waals surface area (Å²) in [4.78, 5) is 4.94. The second kappa shape index (κ2) is 9.24. The fourth-order valence-electron chi connectivity index (χ4n) is 3.56. The Morgan fingerprint density at radius 1 is 1.12 bits per heavy atom. The van der Waals surface area contributed by atoms with E-state index >= 15 is 0 Å². The number of halogens is 1. The van der Waals surface area contributed by atoms with Crippen LogP contribution >= 0.6 is 11.8 Å². The first-order valence-corrected chi connectivity index (χ1v) is 12.9. The Kier molecular flexibility index (Phi) is 6.55. The van der Waals surface area contributed by atoms with Gasteiger partial charge in [0.1, 0.15) is 11.6 Å². The number of benzene rings is 2. The van der Waals surface area contributed by atoms with E-state index in [1.54, 1.807) is 48.0 Å². The highest BCUT2D eigenvalue weighted by molar-refractivity contribution is 7.98. The predicted molar refractivity (Wildman–Crippen MR) is 127 cm³/mol. The second-order valence-electron chi connectivity index (χ2n) is 7.75. The number of imidazole rings is 1. The maximum absolute atomic E-state index is 14.2. The second-order valence-corrected chi connectivity index (χ2v) is 10.8. The molecular weight excluding hydrogens is 463 g/mol. The summed E-state index contributed by atoms with van der Waals surface area (Å²) < 4.78 is 44.3. The maximum Gasteiger partial charge on any atom is 0.242 e. The Labute approximate surface area is 196 Å². The molecule has 174 valence electrons. The van der Waals surface area contributed by atoms with Crippen LogP contribution in [0.25, 0.3) is 22.4 Å². The van der Waals surface area contributed by atoms with Gasteiger partial charge in [0.15, 0.2) is 11.0 Å². The van der Waals surface area contributed by atoms with Gasteiger partial charge in [0.05, 0.1) is 27.2 Å². The quantitative estimate of drug-likeness (QED) is 0.350. The van der Waals surface area contributed by atoms with Crippen molar-refractivity contribution in [1.29, 1.82) is 0 Å². The first-order chi connectivity index (χ1) is 15.7. The average molecular weight is 489 g/mol. The van der Waals surface area contributed by atoms with Crippen molar-refractivity contribution in [2.75, 3.05) is 14.1 Å². The molecule has 0 spiro atoms. The molecule has 2 aromatic carbocycles. The number of hydrogen-bond acceptors (Lipinski definition) is 6. The molecule has 0 atom stereocenters. The van der Waals surface area contributed by atoms with E-state index in [1.807, 2.05) is 0 Å². The van der Waals surface area contributed by atoms with Crippen molar-refractivity contribution in [3.05, 3.63) is 54.1 Å². The van der Waals surface area contributed by atoms with E-state index in [4.69, 9.17) is 4.98 Å². The lowest BCUT2D eigenvalue weighted by Crippen LogP contribution is -2.22. The van der Waals surface area contributed by atoms with Gasteiger partial charge in [-0.2, -0.15) is 0 Å². The summed E-state index contributed by atoms with van der Waals surface area (Å²) in [6.07, 6.45) is 0.905. The van der Waals surface area contributed by atoms with Gasteiger partial charge in [-0.3, -0.25) is 0 Å². The van der Waals surface area contributed by atoms with Crippen molar-refractivity contribution in [2.24, 2.45) is 7.05 Å². The molecule has 0 N–H and O–H groups in total. The van der Waals surface area contributed by atoms with Crippen molar-refractivity contribution >= 4 is 32.8 Å². The van der Waals surface area contributed by atoms with Gasteiger partial charge in [0.2, 0.25) is 10.0 Å². The van der Waals surface area contributed by atoms with Gasteiger partial charge in [0, 0.05) is 27.7 Å². The zero-order valence-electron chi connectivity index (χ0n) is 18.9. The Morgan fingerprint density at radius 3 is 2.58 bits per heavy atom. The molecule has 0 saturated carbocycles. The number of rotatable bonds is 8. The maximum atomic E-state index is 14.2. The number of fused-ring (bicyclic) bond motifs is 1. The van der Waals surface area contributed by atoms with Crippen molar-refractivity contribution in [2.45, 2.75) is 35.7 Å². The topological polar surface area (TPSA) is 85.9 Å². The fraction of sp³-hybridized carbons (Fsp3) is 0.318. The van der Waals surface area contributed by atoms with E-state index in [0.717, 1.165) is 24.3 Å². The largest absolute Gasteiger partial charge is 0.327 e. The highest BCUT2D eigenvalue weighted by Crippen LogP contribution is 2.29. The van der Waals surface area contributed by atoms with Gasteiger partial charge in [-0.05, 0) is 36.8 Å². The normalized spacial score (nSPS) is 12.2. The monoisotopic (exact) mass is 488 g/mol. The number of sulfonamides is 1. The Morgan fingerprint density at radius 2 is 1.88 bits per heavy atom. The highest BCUT2D eigenvalue weighted by Gasteiger charge is 2.20. The van der Waals surface area contributed by atoms with Gasteiger partial charge in [-0.1, -0.05) is 30.8 Å². The molecular formula is C22H25FN6O2S2. The molecule has 0 saturated heterocycles. The molecule has 4 rings (SSSR count). The van der Waals surface area contributed by atoms with Crippen LogP contribution in [0.1, 0.15) is 19.2 Å². The third-order valence-corrected chi connectivity index (χ3v) is 8.13. The van der Waals surface area contributed by atoms with E-state index in [2.05, 4.69) is 21.7 Å². The third kappa shape index (κ3) is 4.40. The number of aryl methyl sites for hydroxylation is 1. The van der Waals surface area contributed by atoms with Gasteiger partial charge >= 0.3 is 0 Å². The summed E-state index contributed by atoms with van der Waals surface area (Å²) >= 11 is 1.45. The van der Waals surface area contributed by atoms with Crippen LogP contribution in [0.2, 0.25) is 0 Å². The molecule has 0 radical (unpaired) electrons. The summed E-state index contributed by atoms with van der Waals surface area (Å²) in [6, 6.07) is 11.5. The van der Waals surface area contributed by atoms with E-state index in [0.29, 0.717) is 27.8 Å². The number of thioether (sulfide) groups is 1. The average Bonchev–Trinajstić information content (AvgIpc) is 3.32. The molecule has 2 aromatic heterocycles. The summed E-state index contributed by atoms with van der Waals surface area (Å²) in [7, 11) is 1.27. The Hall–Kier alpha value is -2.76. The van der Waals surface area contributed by atoms with Gasteiger partial charge in [-0.25, -0.2) is 22.1 Å². The van der Waals surface area contributed by atoms with Crippen LogP contribution in [-0.2, 0) is 29.4 Å². The zero-order valence-corrected chi connectivity index (χ0v) is 20.5. The highest BCUT2D eigenvalue weighted by atomic mass is 32.2. The van der Waals surface area contributed by atoms with E-state index in [-0.39, 0.29) is 10.7 Å². The van der Waals surface area contributed by atoms with Gasteiger partial charge < -0.3 is 9.13 Å². The van der Waals surface area contributed by atoms with Crippen LogP contribution < -0.4 is 0 Å². The molecule has 0 fully saturated rings. The number of nitrogens with zero attached hydrogens (tertiary/aromatic N) is 6. The lowest BCUT2D eigenvalue weighted by Gasteiger charge is -2.11. The van der Waals surface area contributed by atoms with Crippen molar-refractivity contribution in [3.8, 4) is 11.4 Å². The Balaban J connectivity index is 1.65. The van der Waals surface area contributed by atoms with E-state index in [1.165, 1.54) is 36.2 Å². The molecule has 11 heteroatoms. The molecule has 0 aliphatic heterocycles. The summed E-state index contributed by atoms with van der Waals surface area (Å²) in [6.45, 7) is 2.84. The van der Waals surface area contributed by atoms with Crippen LogP contribution in [-0.4, -0.2) is 51.1 Å². The predicted octanol–water partition coefficient (Wildman–Crippen LogP) is 3.92. The lowest BCUT2D eigenvalue weighted by atomic mass is 10.2. The van der Waals surface area contributed by atoms with Crippen molar-refractivity contribution < 1.29 is 12.8 Å². The minimum atomic E-state index is -3.55. The van der Waals surface area contributed by atoms with Crippen LogP contribution in [0.4, 0.5) is 4.39 Å². The Bertz CT molecular complexity index is 1410. The number of hydrogen-bond donors (Lipinski definition) is 0. The first-order valence-electron chi connectivity index (χ1n) is 10.4. The minimum Gasteiger partial charge on any atom is -0.327 e. The van der Waals surface area contributed by atoms with Crippen LogP contribution in [0.5, 0.6) is 0 Å². The molecule has 0 unspecified atom stereocenters. The van der Waals surface area contributed by atoms with E-state index < -0.39 is 10.0 Å². The summed E-state index contributed by atoms with van der Waals surface area (Å²) in [5.74, 6) is 1.42. The van der Waals surface area contributed by atoms with Crippen LogP contribution in [0.15, 0.2) is 52.5 Å². The molecule has 0 aliphatic rings. The lowest BCUT2D eigenvalue weighted by molar-refractivity contribution is 0.521. The fourth-order valence-corrected chi connectivity index (χ4v) is 5.34. The molecule has 0 amide bonds. The van der Waals surface area contributed by atoms with Gasteiger partial charge in [-0.15, -0.1) is 10.2 Å². The minimum absolute atomic E-state index is 0.211. The SMILES string of the molecule is CCCn1c(CSc2nnc(-c3ccccc3F)n2C)nc2cc(S(=O)(=O)N(C)C)ccc21. The van der Waals surface area contributed by atoms with Gasteiger partial charge in [0.25, 0.3) is 0 Å². The van der Waals surface area contributed by atoms with Crippen LogP contribution in [0, 0.1) is 5.82 Å². The van der Waals surface area contributed by atoms with E-state index in [9.17, 15) is 12.8 Å². The number of aromatic nitrogens is 5. The molecule has 0 aliphatic carbocycles. The first kappa shape index (κ1) is 23.4. The zero-order chi connectivity index (χ0) is 23.8. The summed E-state index contributed by atoms with van der Waals surface area (Å²) in [5, 5.41) is 9.04.